The number of benzene rings is 3. The second-order valence-corrected chi connectivity index (χ2v) is 12.3. The average molecular weight is 587 g/mol. The van der Waals surface area contributed by atoms with E-state index in [2.05, 4.69) is 42.8 Å². The number of ether oxygens (including phenoxy) is 1. The van der Waals surface area contributed by atoms with Crippen molar-refractivity contribution in [3.05, 3.63) is 100 Å². The van der Waals surface area contributed by atoms with Crippen LogP contribution in [0, 0.1) is 11.7 Å². The lowest BCUT2D eigenvalue weighted by Gasteiger charge is -2.21. The van der Waals surface area contributed by atoms with Gasteiger partial charge in [0.1, 0.15) is 11.6 Å². The zero-order valence-corrected chi connectivity index (χ0v) is 26.0. The van der Waals surface area contributed by atoms with E-state index in [0.29, 0.717) is 24.6 Å². The number of carboxylic acid groups (broad SMARTS) is 1. The molecular formula is C36H43FN2O4. The number of aryl methyl sites for hydroxylation is 1. The topological polar surface area (TPSA) is 80.6 Å². The standard InChI is InChI=1S/C36H43FN2O4/c1-7-8-11-25-12-9-14-27(16-25)24(4)38-34(40)31-20-33-30(19-32(31)37)28(22-39(33)21-23(2)3)17-26-13-10-15-29(18-26)43-36(5,6)35(41)42/h9-10,12-16,18-20,22-24H,7-8,11,17,21H2,1-6H3,(H,38,40)(H,41,42)/t24-/m0/s1. The molecule has 228 valence electrons. The summed E-state index contributed by atoms with van der Waals surface area (Å²) < 4.78 is 23.4. The largest absolute Gasteiger partial charge is 0.478 e. The van der Waals surface area contributed by atoms with Crippen LogP contribution in [0.15, 0.2) is 66.9 Å². The number of hydrogen-bond acceptors (Lipinski definition) is 3. The Morgan fingerprint density at radius 1 is 1.02 bits per heavy atom. The Hall–Kier alpha value is -4.13. The van der Waals surface area contributed by atoms with Crippen molar-refractivity contribution in [1.82, 2.24) is 9.88 Å². The summed E-state index contributed by atoms with van der Waals surface area (Å²) in [6.45, 7) is 12.0. The number of nitrogens with zero attached hydrogens (tertiary/aromatic N) is 1. The summed E-state index contributed by atoms with van der Waals surface area (Å²) in [5.74, 6) is -1.29. The number of halogens is 1. The van der Waals surface area contributed by atoms with E-state index in [4.69, 9.17) is 4.74 Å². The number of carbonyl (C=O) groups is 2. The lowest BCUT2D eigenvalue weighted by atomic mass is 10.0. The van der Waals surface area contributed by atoms with E-state index < -0.39 is 23.3 Å². The first-order chi connectivity index (χ1) is 20.4. The Kier molecular flexibility index (Phi) is 9.95. The van der Waals surface area contributed by atoms with Crippen molar-refractivity contribution in [3.63, 3.8) is 0 Å². The van der Waals surface area contributed by atoms with E-state index in [1.807, 2.05) is 43.5 Å². The van der Waals surface area contributed by atoms with Gasteiger partial charge in [-0.05, 0) is 92.5 Å². The van der Waals surface area contributed by atoms with Gasteiger partial charge in [0.25, 0.3) is 5.91 Å². The van der Waals surface area contributed by atoms with E-state index in [1.165, 1.54) is 25.5 Å². The van der Waals surface area contributed by atoms with Crippen LogP contribution in [0.4, 0.5) is 4.39 Å². The number of aliphatic carboxylic acids is 1. The Balaban J connectivity index is 1.62. The highest BCUT2D eigenvalue weighted by Gasteiger charge is 2.29. The highest BCUT2D eigenvalue weighted by atomic mass is 19.1. The Morgan fingerprint density at radius 2 is 1.74 bits per heavy atom. The van der Waals surface area contributed by atoms with Crippen molar-refractivity contribution in [2.75, 3.05) is 0 Å². The number of hydrogen-bond donors (Lipinski definition) is 2. The molecule has 0 aliphatic rings. The maximum absolute atomic E-state index is 15.6. The maximum Gasteiger partial charge on any atom is 0.347 e. The molecule has 0 aliphatic heterocycles. The van der Waals surface area contributed by atoms with Gasteiger partial charge in [0.05, 0.1) is 11.6 Å². The van der Waals surface area contributed by atoms with E-state index in [0.717, 1.165) is 46.9 Å². The number of carbonyl (C=O) groups excluding carboxylic acids is 1. The van der Waals surface area contributed by atoms with Crippen molar-refractivity contribution in [2.24, 2.45) is 5.92 Å². The highest BCUT2D eigenvalue weighted by molar-refractivity contribution is 5.99. The van der Waals surface area contributed by atoms with E-state index in [1.54, 1.807) is 12.1 Å². The molecule has 0 saturated heterocycles. The molecule has 43 heavy (non-hydrogen) atoms. The number of fused-ring (bicyclic) bond motifs is 1. The Labute approximate surface area is 253 Å². The van der Waals surface area contributed by atoms with Gasteiger partial charge in [-0.25, -0.2) is 9.18 Å². The minimum absolute atomic E-state index is 0.0162. The smallest absolute Gasteiger partial charge is 0.347 e. The molecule has 1 atom stereocenters. The molecule has 6 nitrogen and oxygen atoms in total. The van der Waals surface area contributed by atoms with Crippen LogP contribution >= 0.6 is 0 Å². The molecule has 0 bridgehead atoms. The fourth-order valence-corrected chi connectivity index (χ4v) is 5.28. The van der Waals surface area contributed by atoms with Crippen LogP contribution in [-0.4, -0.2) is 27.2 Å². The van der Waals surface area contributed by atoms with Gasteiger partial charge in [0, 0.05) is 23.6 Å². The molecule has 0 spiro atoms. The molecule has 0 unspecified atom stereocenters. The first-order valence-corrected chi connectivity index (χ1v) is 15.1. The summed E-state index contributed by atoms with van der Waals surface area (Å²) in [7, 11) is 0. The molecule has 0 saturated carbocycles. The molecule has 0 aliphatic carbocycles. The predicted molar refractivity (Wildman–Crippen MR) is 169 cm³/mol. The van der Waals surface area contributed by atoms with Crippen LogP contribution in [0.1, 0.15) is 93.0 Å². The molecule has 1 amide bonds. The highest BCUT2D eigenvalue weighted by Crippen LogP contribution is 2.30. The lowest BCUT2D eigenvalue weighted by molar-refractivity contribution is -0.152. The summed E-state index contributed by atoms with van der Waals surface area (Å²) >= 11 is 0. The van der Waals surface area contributed by atoms with Gasteiger partial charge in [-0.1, -0.05) is 63.6 Å². The fraction of sp³-hybridized carbons (Fsp3) is 0.389. The van der Waals surface area contributed by atoms with Gasteiger partial charge in [0.2, 0.25) is 0 Å². The number of aromatic nitrogens is 1. The van der Waals surface area contributed by atoms with Gasteiger partial charge >= 0.3 is 5.97 Å². The minimum atomic E-state index is -1.37. The van der Waals surface area contributed by atoms with Gasteiger partial charge in [-0.15, -0.1) is 0 Å². The quantitative estimate of drug-likeness (QED) is 0.166. The van der Waals surface area contributed by atoms with E-state index in [9.17, 15) is 14.7 Å². The molecule has 2 N–H and O–H groups in total. The molecule has 0 radical (unpaired) electrons. The summed E-state index contributed by atoms with van der Waals surface area (Å²) in [4.78, 5) is 24.9. The predicted octanol–water partition coefficient (Wildman–Crippen LogP) is 8.10. The third-order valence-electron chi connectivity index (χ3n) is 7.66. The van der Waals surface area contributed by atoms with Crippen molar-refractivity contribution in [3.8, 4) is 5.75 Å². The third-order valence-corrected chi connectivity index (χ3v) is 7.66. The van der Waals surface area contributed by atoms with Crippen molar-refractivity contribution >= 4 is 22.8 Å². The number of nitrogens with one attached hydrogen (secondary N) is 1. The zero-order valence-electron chi connectivity index (χ0n) is 26.0. The number of rotatable bonds is 13. The van der Waals surface area contributed by atoms with Crippen molar-refractivity contribution in [2.45, 2.75) is 85.4 Å². The second-order valence-electron chi connectivity index (χ2n) is 12.3. The van der Waals surface area contributed by atoms with Crippen molar-refractivity contribution in [1.29, 1.82) is 0 Å². The average Bonchev–Trinajstić information content (AvgIpc) is 3.25. The molecule has 4 rings (SSSR count). The summed E-state index contributed by atoms with van der Waals surface area (Å²) in [5, 5.41) is 13.2. The van der Waals surface area contributed by atoms with Crippen molar-refractivity contribution < 1.29 is 23.8 Å². The normalized spacial score (nSPS) is 12.5. The first kappa shape index (κ1) is 31.8. The van der Waals surface area contributed by atoms with Crippen LogP contribution in [0.3, 0.4) is 0 Å². The maximum atomic E-state index is 15.6. The summed E-state index contributed by atoms with van der Waals surface area (Å²) in [5.41, 5.74) is 3.47. The van der Waals surface area contributed by atoms with Gasteiger partial charge in [-0.3, -0.25) is 4.79 Å². The summed E-state index contributed by atoms with van der Waals surface area (Å²) in [6, 6.07) is 18.3. The fourth-order valence-electron chi connectivity index (χ4n) is 5.28. The second kappa shape index (κ2) is 13.4. The molecule has 1 aromatic heterocycles. The van der Waals surface area contributed by atoms with Crippen LogP contribution in [0.25, 0.3) is 10.9 Å². The van der Waals surface area contributed by atoms with Crippen LogP contribution in [-0.2, 0) is 24.2 Å². The monoisotopic (exact) mass is 586 g/mol. The SMILES string of the molecule is CCCCc1cccc([C@H](C)NC(=O)c2cc3c(cc2F)c(Cc2cccc(OC(C)(C)C(=O)O)c2)cn3CC(C)C)c1. The molecule has 1 heterocycles. The van der Waals surface area contributed by atoms with E-state index >= 15 is 4.39 Å². The number of carboxylic acids is 1. The first-order valence-electron chi connectivity index (χ1n) is 15.1. The van der Waals surface area contributed by atoms with E-state index in [-0.39, 0.29) is 11.6 Å². The lowest BCUT2D eigenvalue weighted by Crippen LogP contribution is -2.37. The summed E-state index contributed by atoms with van der Waals surface area (Å²) in [6.07, 6.45) is 5.72. The minimum Gasteiger partial charge on any atom is -0.478 e. The molecule has 3 aromatic carbocycles. The molecular weight excluding hydrogens is 543 g/mol. The van der Waals surface area contributed by atoms with Gasteiger partial charge in [-0.2, -0.15) is 0 Å². The number of amides is 1. The third kappa shape index (κ3) is 7.83. The zero-order chi connectivity index (χ0) is 31.3. The van der Waals surface area contributed by atoms with Crippen LogP contribution in [0.5, 0.6) is 5.75 Å². The molecule has 0 fully saturated rings. The van der Waals surface area contributed by atoms with Crippen LogP contribution < -0.4 is 10.1 Å². The Morgan fingerprint density at radius 3 is 2.44 bits per heavy atom. The number of unbranched alkanes of at least 4 members (excludes halogenated alkanes) is 1. The van der Waals surface area contributed by atoms with Gasteiger partial charge < -0.3 is 19.7 Å². The van der Waals surface area contributed by atoms with Crippen LogP contribution in [0.2, 0.25) is 0 Å². The Bertz CT molecular complexity index is 1600. The molecule has 4 aromatic rings. The van der Waals surface area contributed by atoms with Gasteiger partial charge in [0.15, 0.2) is 5.60 Å². The molecule has 7 heteroatoms.